The molecule has 0 N–H and O–H groups in total. The molecule has 0 bridgehead atoms. The van der Waals surface area contributed by atoms with Gasteiger partial charge in [0.2, 0.25) is 0 Å². The van der Waals surface area contributed by atoms with Gasteiger partial charge in [0, 0.05) is 24.0 Å². The van der Waals surface area contributed by atoms with E-state index in [1.54, 1.807) is 12.1 Å². The summed E-state index contributed by atoms with van der Waals surface area (Å²) in [4.78, 5) is 9.03. The molecule has 3 heterocycles. The molecule has 0 saturated heterocycles. The highest BCUT2D eigenvalue weighted by atomic mass is 19.1. The molecule has 1 aliphatic heterocycles. The molecule has 1 aliphatic rings. The Morgan fingerprint density at radius 3 is 2.61 bits per heavy atom. The monoisotopic (exact) mass is 411 g/mol. The van der Waals surface area contributed by atoms with Gasteiger partial charge in [-0.3, -0.25) is 0 Å². The van der Waals surface area contributed by atoms with Crippen LogP contribution in [-0.4, -0.2) is 24.3 Å². The van der Waals surface area contributed by atoms with E-state index >= 15 is 0 Å². The van der Waals surface area contributed by atoms with E-state index in [1.165, 1.54) is 12.1 Å². The Labute approximate surface area is 180 Å². The van der Waals surface area contributed by atoms with E-state index in [0.717, 1.165) is 52.4 Å². The van der Waals surface area contributed by atoms with Crippen molar-refractivity contribution in [2.24, 2.45) is 0 Å². The van der Waals surface area contributed by atoms with Crippen molar-refractivity contribution in [2.75, 3.05) is 0 Å². The number of benzene rings is 2. The van der Waals surface area contributed by atoms with Gasteiger partial charge >= 0.3 is 0 Å². The molecule has 6 heteroatoms. The van der Waals surface area contributed by atoms with E-state index in [2.05, 4.69) is 41.3 Å². The number of aryl methyl sites for hydroxylation is 3. The largest absolute Gasteiger partial charge is 0.306 e. The maximum atomic E-state index is 13.3. The Morgan fingerprint density at radius 2 is 1.87 bits per heavy atom. The van der Waals surface area contributed by atoms with Crippen molar-refractivity contribution >= 4 is 17.7 Å². The second-order valence-electron chi connectivity index (χ2n) is 7.73. The first-order valence-electron chi connectivity index (χ1n) is 10.3. The number of allylic oxidation sites excluding steroid dienone is 1. The van der Waals surface area contributed by atoms with E-state index in [4.69, 9.17) is 4.98 Å². The summed E-state index contributed by atoms with van der Waals surface area (Å²) in [5, 5.41) is 4.64. The summed E-state index contributed by atoms with van der Waals surface area (Å²) in [7, 11) is 0. The summed E-state index contributed by atoms with van der Waals surface area (Å²) < 4.78 is 17.3. The fourth-order valence-electron chi connectivity index (χ4n) is 3.88. The van der Waals surface area contributed by atoms with Gasteiger partial charge in [0.15, 0.2) is 11.6 Å². The molecule has 154 valence electrons. The van der Waals surface area contributed by atoms with Crippen molar-refractivity contribution in [3.8, 4) is 5.69 Å². The lowest BCUT2D eigenvalue weighted by molar-refractivity contribution is 0.602. The highest BCUT2D eigenvalue weighted by Crippen LogP contribution is 2.27. The van der Waals surface area contributed by atoms with Crippen LogP contribution >= 0.6 is 0 Å². The molecule has 2 aromatic heterocycles. The van der Waals surface area contributed by atoms with Gasteiger partial charge < -0.3 is 4.57 Å². The molecule has 0 atom stereocenters. The third-order valence-electron chi connectivity index (χ3n) is 5.41. The van der Waals surface area contributed by atoms with E-state index in [0.29, 0.717) is 5.82 Å². The van der Waals surface area contributed by atoms with Crippen LogP contribution in [0.25, 0.3) is 23.4 Å². The molecule has 0 unspecified atom stereocenters. The van der Waals surface area contributed by atoms with Gasteiger partial charge in [-0.1, -0.05) is 30.4 Å². The van der Waals surface area contributed by atoms with Gasteiger partial charge in [-0.2, -0.15) is 5.10 Å². The van der Waals surface area contributed by atoms with Crippen LogP contribution in [0.1, 0.15) is 40.5 Å². The number of hydrogen-bond donors (Lipinski definition) is 0. The van der Waals surface area contributed by atoms with Crippen LogP contribution in [0.5, 0.6) is 0 Å². The fourth-order valence-corrected chi connectivity index (χ4v) is 3.88. The first-order valence-corrected chi connectivity index (χ1v) is 10.3. The van der Waals surface area contributed by atoms with Crippen molar-refractivity contribution in [3.63, 3.8) is 0 Å². The first kappa shape index (κ1) is 19.2. The van der Waals surface area contributed by atoms with Crippen LogP contribution in [0.4, 0.5) is 4.39 Å². The zero-order valence-electron chi connectivity index (χ0n) is 17.5. The summed E-state index contributed by atoms with van der Waals surface area (Å²) in [5.74, 6) is 1.24. The molecular weight excluding hydrogens is 389 g/mol. The van der Waals surface area contributed by atoms with Gasteiger partial charge in [0.1, 0.15) is 5.82 Å². The van der Waals surface area contributed by atoms with Crippen molar-refractivity contribution < 1.29 is 4.39 Å². The smallest absolute Gasteiger partial charge is 0.174 e. The van der Waals surface area contributed by atoms with Crippen LogP contribution in [0.3, 0.4) is 0 Å². The maximum Gasteiger partial charge on any atom is 0.174 e. The zero-order chi connectivity index (χ0) is 21.4. The van der Waals surface area contributed by atoms with Gasteiger partial charge in [0.05, 0.1) is 12.0 Å². The van der Waals surface area contributed by atoms with Crippen LogP contribution in [0.2, 0.25) is 0 Å². The Balaban J connectivity index is 1.40. The summed E-state index contributed by atoms with van der Waals surface area (Å²) in [5.41, 5.74) is 6.30. The molecule has 0 radical (unpaired) electrons. The Bertz CT molecular complexity index is 1310. The van der Waals surface area contributed by atoms with Gasteiger partial charge in [-0.05, 0) is 67.3 Å². The van der Waals surface area contributed by atoms with Crippen molar-refractivity contribution in [2.45, 2.75) is 26.8 Å². The van der Waals surface area contributed by atoms with E-state index in [1.807, 2.05) is 40.8 Å². The fraction of sp³-hybridized carbons (Fsp3) is 0.160. The zero-order valence-corrected chi connectivity index (χ0v) is 17.5. The normalized spacial score (nSPS) is 13.5. The van der Waals surface area contributed by atoms with Gasteiger partial charge in [0.25, 0.3) is 0 Å². The number of halogens is 1. The molecule has 4 aromatic rings. The van der Waals surface area contributed by atoms with Crippen molar-refractivity contribution in [3.05, 3.63) is 101 Å². The lowest BCUT2D eigenvalue weighted by atomic mass is 10.0. The number of fused-ring (bicyclic) bond motifs is 1. The number of imidazole rings is 1. The van der Waals surface area contributed by atoms with Crippen LogP contribution in [0, 0.1) is 19.7 Å². The molecule has 0 aliphatic carbocycles. The highest BCUT2D eigenvalue weighted by molar-refractivity contribution is 5.78. The number of rotatable bonds is 4. The highest BCUT2D eigenvalue weighted by Gasteiger charge is 2.18. The molecule has 0 amide bonds. The average Bonchev–Trinajstić information content (AvgIpc) is 3.38. The Kier molecular flexibility index (Phi) is 4.82. The number of hydrogen-bond acceptors (Lipinski definition) is 3. The summed E-state index contributed by atoms with van der Waals surface area (Å²) in [6.07, 6.45) is 10.8. The van der Waals surface area contributed by atoms with Gasteiger partial charge in [-0.15, -0.1) is 0 Å². The third-order valence-corrected chi connectivity index (χ3v) is 5.41. The molecule has 0 spiro atoms. The maximum absolute atomic E-state index is 13.3. The average molecular weight is 411 g/mol. The predicted molar refractivity (Wildman–Crippen MR) is 120 cm³/mol. The second kappa shape index (κ2) is 7.80. The van der Waals surface area contributed by atoms with E-state index in [9.17, 15) is 4.39 Å². The van der Waals surface area contributed by atoms with E-state index in [-0.39, 0.29) is 5.82 Å². The lowest BCUT2D eigenvalue weighted by Gasteiger charge is -2.14. The minimum Gasteiger partial charge on any atom is -0.306 e. The van der Waals surface area contributed by atoms with Crippen LogP contribution in [-0.2, 0) is 6.54 Å². The second-order valence-corrected chi connectivity index (χ2v) is 7.73. The number of aromatic nitrogens is 5. The molecule has 5 rings (SSSR count). The molecule has 5 nitrogen and oxygen atoms in total. The summed E-state index contributed by atoms with van der Waals surface area (Å²) in [6.45, 7) is 4.87. The molecule has 31 heavy (non-hydrogen) atoms. The molecule has 0 saturated carbocycles. The molecule has 0 fully saturated rings. The van der Waals surface area contributed by atoms with Crippen molar-refractivity contribution in [1.82, 2.24) is 24.3 Å². The quantitative estimate of drug-likeness (QED) is 0.462. The van der Waals surface area contributed by atoms with Crippen LogP contribution in [0.15, 0.2) is 61.1 Å². The predicted octanol–water partition coefficient (Wildman–Crippen LogP) is 5.23. The van der Waals surface area contributed by atoms with Gasteiger partial charge in [-0.25, -0.2) is 19.0 Å². The minimum atomic E-state index is -0.241. The standard InChI is InChI=1S/C25H22FN5/c1-17-14-19(5-11-23(17)30-15-18(2)27-16-30)6-12-24-28-25-22(4-3-13-31(25)29-24)20-7-9-21(26)10-8-20/h4-12,14-16H,3,13H2,1-2H3/b12-6+. The SMILES string of the molecule is Cc1cn(-c2ccc(/C=C/c3nc4n(n3)CCC=C4c3ccc(F)cc3)cc2C)cn1. The Hall–Kier alpha value is -3.80. The minimum absolute atomic E-state index is 0.241. The first-order chi connectivity index (χ1) is 15.1. The molecular formula is C25H22FN5. The third kappa shape index (κ3) is 3.84. The Morgan fingerprint density at radius 1 is 1.03 bits per heavy atom. The summed E-state index contributed by atoms with van der Waals surface area (Å²) in [6, 6.07) is 12.8. The lowest BCUT2D eigenvalue weighted by Crippen LogP contribution is -2.10. The summed E-state index contributed by atoms with van der Waals surface area (Å²) >= 11 is 0. The molecule has 2 aromatic carbocycles. The van der Waals surface area contributed by atoms with Crippen molar-refractivity contribution in [1.29, 1.82) is 0 Å². The topological polar surface area (TPSA) is 48.5 Å². The number of nitrogens with zero attached hydrogens (tertiary/aromatic N) is 5. The van der Waals surface area contributed by atoms with Crippen LogP contribution < -0.4 is 0 Å². The van der Waals surface area contributed by atoms with E-state index < -0.39 is 0 Å².